The van der Waals surface area contributed by atoms with Gasteiger partial charge in [0.1, 0.15) is 17.3 Å². The average molecular weight is 368 g/mol. The summed E-state index contributed by atoms with van der Waals surface area (Å²) in [6.07, 6.45) is 1.67. The molecule has 1 aromatic heterocycles. The lowest BCUT2D eigenvalue weighted by molar-refractivity contribution is 0.570. The Balaban J connectivity index is 1.95. The molecule has 0 atom stereocenters. The predicted octanol–water partition coefficient (Wildman–Crippen LogP) is 5.91. The lowest BCUT2D eigenvalue weighted by Gasteiger charge is -1.99. The highest BCUT2D eigenvalue weighted by Crippen LogP contribution is 2.26. The van der Waals surface area contributed by atoms with E-state index in [0.29, 0.717) is 22.7 Å². The fourth-order valence-corrected chi connectivity index (χ4v) is 2.60. The van der Waals surface area contributed by atoms with Gasteiger partial charge in [0.25, 0.3) is 0 Å². The van der Waals surface area contributed by atoms with Gasteiger partial charge in [0.15, 0.2) is 0 Å². The first kappa shape index (κ1) is 15.3. The van der Waals surface area contributed by atoms with Crippen molar-refractivity contribution >= 4 is 27.6 Å². The van der Waals surface area contributed by atoms with Crippen LogP contribution in [-0.2, 0) is 0 Å². The number of nitrogens with zero attached hydrogens (tertiary/aromatic N) is 1. The number of rotatable bonds is 3. The van der Waals surface area contributed by atoms with Gasteiger partial charge in [-0.2, -0.15) is 5.26 Å². The van der Waals surface area contributed by atoms with Gasteiger partial charge in [0.2, 0.25) is 0 Å². The summed E-state index contributed by atoms with van der Waals surface area (Å²) in [7, 11) is 0. The van der Waals surface area contributed by atoms with E-state index in [1.807, 2.05) is 24.3 Å². The summed E-state index contributed by atoms with van der Waals surface area (Å²) in [6, 6.07) is 19.4. The third kappa shape index (κ3) is 3.58. The second-order valence-corrected chi connectivity index (χ2v) is 5.81. The van der Waals surface area contributed by atoms with E-state index in [1.54, 1.807) is 30.3 Å². The first-order valence-electron chi connectivity index (χ1n) is 6.89. The summed E-state index contributed by atoms with van der Waals surface area (Å²) >= 11 is 3.39. The molecule has 0 unspecified atom stereocenters. The zero-order valence-corrected chi connectivity index (χ0v) is 13.5. The Labute approximate surface area is 141 Å². The largest absolute Gasteiger partial charge is 0.457 e. The van der Waals surface area contributed by atoms with Crippen molar-refractivity contribution in [2.75, 3.05) is 0 Å². The van der Waals surface area contributed by atoms with Crippen molar-refractivity contribution in [2.45, 2.75) is 0 Å². The Bertz CT molecular complexity index is 921. The number of benzene rings is 2. The fraction of sp³-hybridized carbons (Fsp3) is 0. The highest BCUT2D eigenvalue weighted by molar-refractivity contribution is 9.10. The van der Waals surface area contributed by atoms with Crippen LogP contribution in [0.4, 0.5) is 4.39 Å². The van der Waals surface area contributed by atoms with Crippen LogP contribution in [-0.4, -0.2) is 0 Å². The smallest absolute Gasteiger partial charge is 0.134 e. The minimum absolute atomic E-state index is 0.317. The Morgan fingerprint density at radius 3 is 2.65 bits per heavy atom. The van der Waals surface area contributed by atoms with Crippen molar-refractivity contribution in [3.63, 3.8) is 0 Å². The number of hydrogen-bond acceptors (Lipinski definition) is 2. The maximum absolute atomic E-state index is 13.3. The number of furan rings is 1. The van der Waals surface area contributed by atoms with Gasteiger partial charge in [-0.3, -0.25) is 0 Å². The zero-order chi connectivity index (χ0) is 16.2. The second-order valence-electron chi connectivity index (χ2n) is 4.89. The molecule has 0 fully saturated rings. The molecule has 2 nitrogen and oxygen atoms in total. The molecule has 0 aliphatic carbocycles. The van der Waals surface area contributed by atoms with E-state index in [0.717, 1.165) is 10.0 Å². The van der Waals surface area contributed by atoms with Crippen LogP contribution in [0, 0.1) is 17.1 Å². The van der Waals surface area contributed by atoms with Gasteiger partial charge in [-0.05, 0) is 48.0 Å². The molecule has 0 saturated carbocycles. The van der Waals surface area contributed by atoms with Crippen molar-refractivity contribution in [2.24, 2.45) is 0 Å². The van der Waals surface area contributed by atoms with Gasteiger partial charge in [0, 0.05) is 10.0 Å². The normalized spacial score (nSPS) is 11.3. The molecule has 2 aromatic carbocycles. The van der Waals surface area contributed by atoms with Crippen LogP contribution in [0.5, 0.6) is 0 Å². The van der Waals surface area contributed by atoms with Crippen LogP contribution < -0.4 is 0 Å². The summed E-state index contributed by atoms with van der Waals surface area (Å²) in [5.74, 6) is 0.783. The van der Waals surface area contributed by atoms with Crippen LogP contribution in [0.15, 0.2) is 69.6 Å². The van der Waals surface area contributed by atoms with Crippen LogP contribution in [0.3, 0.4) is 0 Å². The number of halogens is 2. The van der Waals surface area contributed by atoms with Crippen molar-refractivity contribution in [3.8, 4) is 17.4 Å². The molecule has 112 valence electrons. The molecule has 0 radical (unpaired) electrons. The van der Waals surface area contributed by atoms with Gasteiger partial charge in [0.05, 0.1) is 11.6 Å². The predicted molar refractivity (Wildman–Crippen MR) is 91.7 cm³/mol. The van der Waals surface area contributed by atoms with E-state index < -0.39 is 0 Å². The molecule has 0 N–H and O–H groups in total. The van der Waals surface area contributed by atoms with E-state index in [1.165, 1.54) is 12.1 Å². The number of nitriles is 1. The summed E-state index contributed by atoms with van der Waals surface area (Å²) < 4.78 is 19.9. The fourth-order valence-electron chi connectivity index (χ4n) is 2.21. The summed E-state index contributed by atoms with van der Waals surface area (Å²) in [4.78, 5) is 0. The van der Waals surface area contributed by atoms with E-state index in [2.05, 4.69) is 22.0 Å². The molecule has 0 aliphatic rings. The maximum atomic E-state index is 13.3. The van der Waals surface area contributed by atoms with Crippen LogP contribution >= 0.6 is 15.9 Å². The molecule has 0 aliphatic heterocycles. The molecule has 3 rings (SSSR count). The van der Waals surface area contributed by atoms with Gasteiger partial charge < -0.3 is 4.42 Å². The second kappa shape index (κ2) is 6.64. The Kier molecular flexibility index (Phi) is 4.40. The molecule has 0 bridgehead atoms. The van der Waals surface area contributed by atoms with E-state index in [-0.39, 0.29) is 5.82 Å². The lowest BCUT2D eigenvalue weighted by Crippen LogP contribution is -1.81. The van der Waals surface area contributed by atoms with E-state index in [9.17, 15) is 9.65 Å². The highest BCUT2D eigenvalue weighted by atomic mass is 79.9. The highest BCUT2D eigenvalue weighted by Gasteiger charge is 2.07. The Hall–Kier alpha value is -2.64. The Morgan fingerprint density at radius 2 is 1.91 bits per heavy atom. The zero-order valence-electron chi connectivity index (χ0n) is 12.0. The molecular weight excluding hydrogens is 357 g/mol. The van der Waals surface area contributed by atoms with Gasteiger partial charge in [-0.15, -0.1) is 0 Å². The third-order valence-corrected chi connectivity index (χ3v) is 3.77. The van der Waals surface area contributed by atoms with Crippen molar-refractivity contribution < 1.29 is 8.81 Å². The summed E-state index contributed by atoms with van der Waals surface area (Å²) in [6.45, 7) is 0. The topological polar surface area (TPSA) is 36.9 Å². The third-order valence-electron chi connectivity index (χ3n) is 3.28. The van der Waals surface area contributed by atoms with Crippen LogP contribution in [0.2, 0.25) is 0 Å². The molecule has 3 aromatic rings. The lowest BCUT2D eigenvalue weighted by atomic mass is 10.1. The molecule has 1 heterocycles. The SMILES string of the molecule is N#C/C(=C/c1ccc(-c2cccc(F)c2)o1)c1cccc(Br)c1. The molecule has 0 spiro atoms. The van der Waals surface area contributed by atoms with Crippen molar-refractivity contribution in [3.05, 3.63) is 82.3 Å². The molecule has 4 heteroatoms. The summed E-state index contributed by atoms with van der Waals surface area (Å²) in [5.41, 5.74) is 1.95. The molecule has 23 heavy (non-hydrogen) atoms. The van der Waals surface area contributed by atoms with Crippen molar-refractivity contribution in [1.29, 1.82) is 5.26 Å². The first-order chi connectivity index (χ1) is 11.2. The molecular formula is C19H11BrFNO. The van der Waals surface area contributed by atoms with Crippen LogP contribution in [0.1, 0.15) is 11.3 Å². The average Bonchev–Trinajstić information content (AvgIpc) is 3.01. The molecule has 0 saturated heterocycles. The monoisotopic (exact) mass is 367 g/mol. The maximum Gasteiger partial charge on any atom is 0.134 e. The van der Waals surface area contributed by atoms with E-state index in [4.69, 9.17) is 4.42 Å². The van der Waals surface area contributed by atoms with Crippen molar-refractivity contribution in [1.82, 2.24) is 0 Å². The van der Waals surface area contributed by atoms with Gasteiger partial charge >= 0.3 is 0 Å². The first-order valence-corrected chi connectivity index (χ1v) is 7.68. The minimum Gasteiger partial charge on any atom is -0.457 e. The van der Waals surface area contributed by atoms with Gasteiger partial charge in [-0.25, -0.2) is 4.39 Å². The quantitative estimate of drug-likeness (QED) is 0.539. The number of allylic oxidation sites excluding steroid dienone is 1. The van der Waals surface area contributed by atoms with E-state index >= 15 is 0 Å². The molecule has 0 amide bonds. The van der Waals surface area contributed by atoms with Crippen LogP contribution in [0.25, 0.3) is 23.0 Å². The minimum atomic E-state index is -0.317. The Morgan fingerprint density at radius 1 is 1.09 bits per heavy atom. The number of hydrogen-bond donors (Lipinski definition) is 0. The summed E-state index contributed by atoms with van der Waals surface area (Å²) in [5, 5.41) is 9.37. The van der Waals surface area contributed by atoms with Gasteiger partial charge in [-0.1, -0.05) is 40.2 Å². The standard InChI is InChI=1S/C19H11BrFNO/c20-16-5-1-3-13(9-16)15(12-22)11-18-7-8-19(23-18)14-4-2-6-17(21)10-14/h1-11H/b15-11-.